The number of likely N-dealkylation sites (tertiary alicyclic amines) is 1. The summed E-state index contributed by atoms with van der Waals surface area (Å²) >= 11 is 0. The van der Waals surface area contributed by atoms with Crippen LogP contribution in [0.15, 0.2) is 18.2 Å². The van der Waals surface area contributed by atoms with Gasteiger partial charge in [0.2, 0.25) is 0 Å². The predicted molar refractivity (Wildman–Crippen MR) is 99.7 cm³/mol. The van der Waals surface area contributed by atoms with Crippen molar-refractivity contribution in [3.05, 3.63) is 29.3 Å². The minimum absolute atomic E-state index is 0.654. The van der Waals surface area contributed by atoms with Gasteiger partial charge in [-0.3, -0.25) is 9.80 Å². The number of hydrogen-bond acceptors (Lipinski definition) is 5. The summed E-state index contributed by atoms with van der Waals surface area (Å²) < 4.78 is 5.52. The third-order valence-electron chi connectivity index (χ3n) is 5.59. The zero-order valence-corrected chi connectivity index (χ0v) is 15.6. The van der Waals surface area contributed by atoms with Crippen molar-refractivity contribution in [1.29, 1.82) is 5.26 Å². The first-order valence-electron chi connectivity index (χ1n) is 9.41. The first-order chi connectivity index (χ1) is 12.2. The van der Waals surface area contributed by atoms with Gasteiger partial charge in [-0.05, 0) is 44.6 Å². The molecule has 5 heteroatoms. The fourth-order valence-corrected chi connectivity index (χ4v) is 4.04. The van der Waals surface area contributed by atoms with Crippen LogP contribution < -0.4 is 4.74 Å². The Morgan fingerprint density at radius 3 is 2.68 bits per heavy atom. The molecule has 25 heavy (non-hydrogen) atoms. The van der Waals surface area contributed by atoms with E-state index in [4.69, 9.17) is 4.74 Å². The van der Waals surface area contributed by atoms with Crippen LogP contribution in [0.1, 0.15) is 30.4 Å². The zero-order valence-electron chi connectivity index (χ0n) is 15.6. The molecule has 3 rings (SSSR count). The normalized spacial score (nSPS) is 23.8. The molecule has 0 radical (unpaired) electrons. The Morgan fingerprint density at radius 2 is 1.96 bits per heavy atom. The Labute approximate surface area is 151 Å². The van der Waals surface area contributed by atoms with Gasteiger partial charge >= 0.3 is 0 Å². The molecule has 0 aromatic heterocycles. The van der Waals surface area contributed by atoms with Crippen LogP contribution in [0.2, 0.25) is 0 Å². The zero-order chi connectivity index (χ0) is 17.6. The Morgan fingerprint density at radius 1 is 1.16 bits per heavy atom. The van der Waals surface area contributed by atoms with Crippen molar-refractivity contribution in [1.82, 2.24) is 14.7 Å². The Kier molecular flexibility index (Phi) is 6.30. The maximum absolute atomic E-state index is 9.20. The van der Waals surface area contributed by atoms with Gasteiger partial charge in [0.05, 0.1) is 18.7 Å². The van der Waals surface area contributed by atoms with E-state index in [9.17, 15) is 5.26 Å². The molecule has 0 spiro atoms. The SMILES string of the molecule is COc1ccc(C#N)cc1CN1CCCC[C@H](N2CCN(C)CC2)C1. The van der Waals surface area contributed by atoms with Crippen LogP contribution in [-0.4, -0.2) is 74.2 Å². The lowest BCUT2D eigenvalue weighted by Gasteiger charge is -2.39. The third kappa shape index (κ3) is 4.72. The highest BCUT2D eigenvalue weighted by Crippen LogP contribution is 2.24. The molecule has 5 nitrogen and oxygen atoms in total. The van der Waals surface area contributed by atoms with Gasteiger partial charge in [-0.1, -0.05) is 6.42 Å². The van der Waals surface area contributed by atoms with Gasteiger partial charge in [0.15, 0.2) is 0 Å². The summed E-state index contributed by atoms with van der Waals surface area (Å²) in [5.41, 5.74) is 1.84. The monoisotopic (exact) mass is 342 g/mol. The van der Waals surface area contributed by atoms with E-state index in [-0.39, 0.29) is 0 Å². The number of piperazine rings is 1. The topological polar surface area (TPSA) is 42.7 Å². The molecule has 136 valence electrons. The number of rotatable bonds is 4. The fraction of sp³-hybridized carbons (Fsp3) is 0.650. The van der Waals surface area contributed by atoms with Crippen molar-refractivity contribution >= 4 is 0 Å². The average molecular weight is 342 g/mol. The third-order valence-corrected chi connectivity index (χ3v) is 5.59. The van der Waals surface area contributed by atoms with E-state index in [1.54, 1.807) is 7.11 Å². The number of likely N-dealkylation sites (N-methyl/N-ethyl adjacent to an activating group) is 1. The Hall–Kier alpha value is -1.61. The van der Waals surface area contributed by atoms with Crippen LogP contribution in [0.4, 0.5) is 0 Å². The highest BCUT2D eigenvalue weighted by molar-refractivity contribution is 5.42. The molecule has 2 fully saturated rings. The predicted octanol–water partition coefficient (Wildman–Crippen LogP) is 2.17. The van der Waals surface area contributed by atoms with Gasteiger partial charge in [-0.15, -0.1) is 0 Å². The van der Waals surface area contributed by atoms with Crippen LogP contribution >= 0.6 is 0 Å². The minimum atomic E-state index is 0.654. The molecule has 0 bridgehead atoms. The van der Waals surface area contributed by atoms with Gasteiger partial charge in [0, 0.05) is 50.9 Å². The smallest absolute Gasteiger partial charge is 0.123 e. The van der Waals surface area contributed by atoms with Gasteiger partial charge in [0.1, 0.15) is 5.75 Å². The number of nitriles is 1. The summed E-state index contributed by atoms with van der Waals surface area (Å²) in [6, 6.07) is 8.63. The number of benzene rings is 1. The van der Waals surface area contributed by atoms with Gasteiger partial charge in [-0.2, -0.15) is 5.26 Å². The summed E-state index contributed by atoms with van der Waals surface area (Å²) in [5, 5.41) is 9.20. The Balaban J connectivity index is 1.68. The molecule has 0 N–H and O–H groups in total. The van der Waals surface area contributed by atoms with Gasteiger partial charge in [0.25, 0.3) is 0 Å². The summed E-state index contributed by atoms with van der Waals surface area (Å²) in [5.74, 6) is 0.888. The molecule has 0 amide bonds. The standard InChI is InChI=1S/C20H30N4O/c1-22-9-11-24(12-10-22)19-5-3-4-8-23(16-19)15-18-13-17(14-21)6-7-20(18)25-2/h6-7,13,19H,3-5,8-12,15-16H2,1-2H3/t19-/m0/s1. The van der Waals surface area contributed by atoms with Crippen LogP contribution in [0.25, 0.3) is 0 Å². The molecular weight excluding hydrogens is 312 g/mol. The molecule has 0 unspecified atom stereocenters. The molecule has 2 aliphatic heterocycles. The first-order valence-corrected chi connectivity index (χ1v) is 9.41. The van der Waals surface area contributed by atoms with E-state index in [1.165, 1.54) is 45.4 Å². The van der Waals surface area contributed by atoms with Gasteiger partial charge in [-0.25, -0.2) is 0 Å². The van der Waals surface area contributed by atoms with Crippen molar-refractivity contribution in [2.45, 2.75) is 31.8 Å². The highest BCUT2D eigenvalue weighted by Gasteiger charge is 2.26. The number of nitrogens with zero attached hydrogens (tertiary/aromatic N) is 4. The van der Waals surface area contributed by atoms with Crippen molar-refractivity contribution in [3.8, 4) is 11.8 Å². The van der Waals surface area contributed by atoms with E-state index < -0.39 is 0 Å². The quantitative estimate of drug-likeness (QED) is 0.839. The van der Waals surface area contributed by atoms with Crippen LogP contribution in [0.3, 0.4) is 0 Å². The Bertz CT molecular complexity index is 604. The highest BCUT2D eigenvalue weighted by atomic mass is 16.5. The lowest BCUT2D eigenvalue weighted by molar-refractivity contribution is 0.0872. The van der Waals surface area contributed by atoms with Crippen molar-refractivity contribution < 1.29 is 4.74 Å². The summed E-state index contributed by atoms with van der Waals surface area (Å²) in [4.78, 5) is 7.65. The maximum atomic E-state index is 9.20. The molecule has 2 saturated heterocycles. The van der Waals surface area contributed by atoms with Crippen molar-refractivity contribution in [2.24, 2.45) is 0 Å². The van der Waals surface area contributed by atoms with Crippen LogP contribution in [-0.2, 0) is 6.54 Å². The van der Waals surface area contributed by atoms with E-state index in [0.717, 1.165) is 30.9 Å². The number of methoxy groups -OCH3 is 1. The van der Waals surface area contributed by atoms with E-state index in [1.807, 2.05) is 18.2 Å². The average Bonchev–Trinajstić information content (AvgIpc) is 2.88. The molecule has 1 aromatic rings. The van der Waals surface area contributed by atoms with Crippen LogP contribution in [0.5, 0.6) is 5.75 Å². The van der Waals surface area contributed by atoms with Crippen LogP contribution in [0, 0.1) is 11.3 Å². The van der Waals surface area contributed by atoms with Crippen molar-refractivity contribution in [3.63, 3.8) is 0 Å². The molecular formula is C20H30N4O. The summed E-state index contributed by atoms with van der Waals surface area (Å²) in [6.07, 6.45) is 3.86. The lowest BCUT2D eigenvalue weighted by Crippen LogP contribution is -2.51. The largest absolute Gasteiger partial charge is 0.496 e. The minimum Gasteiger partial charge on any atom is -0.496 e. The molecule has 0 saturated carbocycles. The second-order valence-corrected chi connectivity index (χ2v) is 7.36. The van der Waals surface area contributed by atoms with E-state index in [2.05, 4.69) is 27.8 Å². The number of ether oxygens (including phenoxy) is 1. The second-order valence-electron chi connectivity index (χ2n) is 7.36. The van der Waals surface area contributed by atoms with E-state index >= 15 is 0 Å². The molecule has 2 aliphatic rings. The van der Waals surface area contributed by atoms with Crippen molar-refractivity contribution in [2.75, 3.05) is 53.4 Å². The maximum Gasteiger partial charge on any atom is 0.123 e. The van der Waals surface area contributed by atoms with E-state index in [0.29, 0.717) is 11.6 Å². The fourth-order valence-electron chi connectivity index (χ4n) is 4.04. The summed E-state index contributed by atoms with van der Waals surface area (Å²) in [6.45, 7) is 7.82. The molecule has 0 aliphatic carbocycles. The lowest BCUT2D eigenvalue weighted by atomic mass is 10.1. The summed E-state index contributed by atoms with van der Waals surface area (Å²) in [7, 11) is 3.92. The molecule has 1 atom stereocenters. The van der Waals surface area contributed by atoms with Gasteiger partial charge < -0.3 is 9.64 Å². The molecule has 2 heterocycles. The number of hydrogen-bond donors (Lipinski definition) is 0. The first kappa shape index (κ1) is 18.2. The second kappa shape index (κ2) is 8.66. The molecule has 1 aromatic carbocycles.